The number of nitrogens with two attached hydrogens (primary N) is 1. The summed E-state index contributed by atoms with van der Waals surface area (Å²) in [5, 5.41) is 9.15. The molecule has 1 atom stereocenters. The summed E-state index contributed by atoms with van der Waals surface area (Å²) in [7, 11) is 0. The summed E-state index contributed by atoms with van der Waals surface area (Å²) in [5.74, 6) is -1.32. The number of hydrogen-bond acceptors (Lipinski definition) is 2. The third-order valence-electron chi connectivity index (χ3n) is 2.96. The number of rotatable bonds is 4. The molecule has 0 aromatic heterocycles. The molecule has 2 rings (SSSR count). The zero-order valence-corrected chi connectivity index (χ0v) is 11.5. The van der Waals surface area contributed by atoms with Crippen molar-refractivity contribution in [3.05, 3.63) is 71.8 Å². The van der Waals surface area contributed by atoms with Gasteiger partial charge in [-0.1, -0.05) is 60.7 Å². The molecule has 0 radical (unpaired) electrons. The second-order valence-corrected chi connectivity index (χ2v) is 4.16. The number of benzene rings is 2. The molecule has 0 heterocycles. The summed E-state index contributed by atoms with van der Waals surface area (Å²) in [6, 6.07) is 18.0. The van der Waals surface area contributed by atoms with Gasteiger partial charge in [-0.2, -0.15) is 0 Å². The van der Waals surface area contributed by atoms with Crippen LogP contribution in [0.2, 0.25) is 0 Å². The molecule has 2 aromatic rings. The molecule has 0 unspecified atom stereocenters. The van der Waals surface area contributed by atoms with Crippen molar-refractivity contribution in [1.82, 2.24) is 0 Å². The number of carbonyl (C=O) groups is 1. The Hall–Kier alpha value is -1.60. The molecule has 4 heteroatoms. The van der Waals surface area contributed by atoms with E-state index in [1.807, 2.05) is 60.7 Å². The summed E-state index contributed by atoms with van der Waals surface area (Å²) in [4.78, 5) is 11.2. The molecule has 3 nitrogen and oxygen atoms in total. The average Bonchev–Trinajstić information content (AvgIpc) is 2.41. The molecule has 0 aliphatic rings. The van der Waals surface area contributed by atoms with E-state index >= 15 is 0 Å². The van der Waals surface area contributed by atoms with Gasteiger partial charge in [0.2, 0.25) is 0 Å². The van der Waals surface area contributed by atoms with E-state index in [4.69, 9.17) is 10.8 Å². The molecule has 0 aliphatic carbocycles. The maximum Gasteiger partial charge on any atom is 0.321 e. The fourth-order valence-corrected chi connectivity index (χ4v) is 2.07. The van der Waals surface area contributed by atoms with E-state index in [0.717, 1.165) is 11.1 Å². The van der Waals surface area contributed by atoms with Gasteiger partial charge in [0.25, 0.3) is 0 Å². The van der Waals surface area contributed by atoms with Crippen molar-refractivity contribution in [2.24, 2.45) is 5.73 Å². The fraction of sp³-hybridized carbons (Fsp3) is 0.133. The van der Waals surface area contributed by atoms with Crippen molar-refractivity contribution in [1.29, 1.82) is 0 Å². The summed E-state index contributed by atoms with van der Waals surface area (Å²) < 4.78 is 0. The number of carboxylic acid groups (broad SMARTS) is 1. The molecule has 98 valence electrons. The zero-order chi connectivity index (χ0) is 13.0. The molecule has 2 aromatic carbocycles. The predicted molar refractivity (Wildman–Crippen MR) is 70.3 cm³/mol. The van der Waals surface area contributed by atoms with Gasteiger partial charge in [-0.05, 0) is 11.1 Å². The summed E-state index contributed by atoms with van der Waals surface area (Å²) in [6.07, 6.45) is 0. The first-order valence-electron chi connectivity index (χ1n) is 5.78. The molecular weight excluding hydrogens is 278 g/mol. The van der Waals surface area contributed by atoms with E-state index in [2.05, 4.69) is 0 Å². The minimum Gasteiger partial charge on any atom is -0.480 e. The number of aliphatic carboxylic acids is 1. The zero-order valence-electron chi connectivity index (χ0n) is 10.3. The van der Waals surface area contributed by atoms with Crippen LogP contribution in [0.5, 0.6) is 0 Å². The van der Waals surface area contributed by atoms with Crippen molar-refractivity contribution in [3.63, 3.8) is 0 Å². The van der Waals surface area contributed by atoms with Gasteiger partial charge in [0.15, 0.2) is 0 Å². The molecule has 0 saturated carbocycles. The van der Waals surface area contributed by atoms with Crippen LogP contribution in [0.25, 0.3) is 0 Å². The Balaban J connectivity index is 0.00000180. The molecule has 0 spiro atoms. The molecular formula is C15H15CrNO2. The van der Waals surface area contributed by atoms with E-state index in [0.29, 0.717) is 0 Å². The van der Waals surface area contributed by atoms with Crippen molar-refractivity contribution in [2.45, 2.75) is 12.0 Å². The van der Waals surface area contributed by atoms with Crippen LogP contribution < -0.4 is 5.73 Å². The van der Waals surface area contributed by atoms with Gasteiger partial charge in [0, 0.05) is 23.3 Å². The minimum atomic E-state index is -0.993. The predicted octanol–water partition coefficient (Wildman–Crippen LogP) is 2.23. The Bertz CT molecular complexity index is 477. The maximum absolute atomic E-state index is 11.2. The number of carboxylic acids is 1. The summed E-state index contributed by atoms with van der Waals surface area (Å²) >= 11 is 0. The second-order valence-electron chi connectivity index (χ2n) is 4.16. The smallest absolute Gasteiger partial charge is 0.321 e. The molecule has 0 fully saturated rings. The largest absolute Gasteiger partial charge is 0.480 e. The van der Waals surface area contributed by atoms with Gasteiger partial charge in [-0.25, -0.2) is 0 Å². The maximum atomic E-state index is 11.2. The third-order valence-corrected chi connectivity index (χ3v) is 2.96. The SMILES string of the molecule is N[C@H](C(=O)O)C(c1ccccc1)c1ccccc1.[Cr]. The van der Waals surface area contributed by atoms with Crippen LogP contribution in [0.4, 0.5) is 0 Å². The van der Waals surface area contributed by atoms with E-state index in [9.17, 15) is 4.79 Å². The summed E-state index contributed by atoms with van der Waals surface area (Å²) in [5.41, 5.74) is 7.66. The Morgan fingerprint density at radius 1 is 0.895 bits per heavy atom. The van der Waals surface area contributed by atoms with Crippen LogP contribution in [0.1, 0.15) is 17.0 Å². The van der Waals surface area contributed by atoms with Gasteiger partial charge in [0.05, 0.1) is 0 Å². The second kappa shape index (κ2) is 7.11. The first kappa shape index (κ1) is 15.5. The topological polar surface area (TPSA) is 63.3 Å². The van der Waals surface area contributed by atoms with E-state index in [1.165, 1.54) is 0 Å². The van der Waals surface area contributed by atoms with E-state index in [1.54, 1.807) is 0 Å². The Morgan fingerprint density at radius 3 is 1.58 bits per heavy atom. The van der Waals surface area contributed by atoms with Crippen LogP contribution in [0.3, 0.4) is 0 Å². The van der Waals surface area contributed by atoms with Crippen molar-refractivity contribution >= 4 is 5.97 Å². The third kappa shape index (κ3) is 3.68. The van der Waals surface area contributed by atoms with Gasteiger partial charge in [-0.15, -0.1) is 0 Å². The Kier molecular flexibility index (Phi) is 5.78. The summed E-state index contributed by atoms with van der Waals surface area (Å²) in [6.45, 7) is 0. The first-order chi connectivity index (χ1) is 8.70. The van der Waals surface area contributed by atoms with Crippen LogP contribution in [0, 0.1) is 0 Å². The van der Waals surface area contributed by atoms with Crippen LogP contribution in [-0.4, -0.2) is 17.1 Å². The van der Waals surface area contributed by atoms with E-state index in [-0.39, 0.29) is 23.3 Å². The fourth-order valence-electron chi connectivity index (χ4n) is 2.07. The molecule has 0 amide bonds. The van der Waals surface area contributed by atoms with E-state index < -0.39 is 12.0 Å². The van der Waals surface area contributed by atoms with Gasteiger partial charge in [-0.3, -0.25) is 4.79 Å². The quantitative estimate of drug-likeness (QED) is 0.908. The molecule has 3 N–H and O–H groups in total. The van der Waals surface area contributed by atoms with Crippen LogP contribution >= 0.6 is 0 Å². The van der Waals surface area contributed by atoms with Crippen molar-refractivity contribution < 1.29 is 27.3 Å². The Morgan fingerprint density at radius 2 is 1.26 bits per heavy atom. The standard InChI is InChI=1S/C15H15NO2.Cr/c16-14(15(17)18)13(11-7-3-1-4-8-11)12-9-5-2-6-10-12;/h1-10,13-14H,16H2,(H,17,18);/t14-;/m0./s1. The van der Waals surface area contributed by atoms with Crippen LogP contribution in [0.15, 0.2) is 60.7 Å². The van der Waals surface area contributed by atoms with Gasteiger partial charge >= 0.3 is 5.97 Å². The normalized spacial score (nSPS) is 11.7. The van der Waals surface area contributed by atoms with Crippen molar-refractivity contribution in [3.8, 4) is 0 Å². The minimum absolute atomic E-state index is 0. The monoisotopic (exact) mass is 293 g/mol. The first-order valence-corrected chi connectivity index (χ1v) is 5.78. The number of hydrogen-bond donors (Lipinski definition) is 2. The van der Waals surface area contributed by atoms with Crippen molar-refractivity contribution in [2.75, 3.05) is 0 Å². The molecule has 0 saturated heterocycles. The average molecular weight is 293 g/mol. The molecule has 19 heavy (non-hydrogen) atoms. The van der Waals surface area contributed by atoms with Crippen LogP contribution in [-0.2, 0) is 22.2 Å². The molecule has 0 bridgehead atoms. The van der Waals surface area contributed by atoms with Gasteiger partial charge in [0.1, 0.15) is 6.04 Å². The Labute approximate surface area is 123 Å². The van der Waals surface area contributed by atoms with Gasteiger partial charge < -0.3 is 10.8 Å². The molecule has 0 aliphatic heterocycles.